The van der Waals surface area contributed by atoms with Gasteiger partial charge in [-0.3, -0.25) is 9.59 Å². The number of para-hydroxylation sites is 1. The van der Waals surface area contributed by atoms with Crippen LogP contribution < -0.4 is 5.32 Å². The van der Waals surface area contributed by atoms with Crippen molar-refractivity contribution in [3.8, 4) is 5.75 Å². The molecule has 16 heavy (non-hydrogen) atoms. The second kappa shape index (κ2) is 5.11. The number of allylic oxidation sites excluding steroid dienone is 2. The Morgan fingerprint density at radius 2 is 1.88 bits per heavy atom. The first kappa shape index (κ1) is 12.0. The van der Waals surface area contributed by atoms with Gasteiger partial charge in [-0.2, -0.15) is 0 Å². The number of ketones is 1. The summed E-state index contributed by atoms with van der Waals surface area (Å²) in [4.78, 5) is 22.4. The molecule has 0 aliphatic heterocycles. The van der Waals surface area contributed by atoms with E-state index in [1.54, 1.807) is 19.1 Å². The van der Waals surface area contributed by atoms with Gasteiger partial charge in [-0.05, 0) is 32.1 Å². The second-order valence-corrected chi connectivity index (χ2v) is 3.41. The van der Waals surface area contributed by atoms with E-state index < -0.39 is 5.91 Å². The Bertz CT molecular complexity index is 449. The maximum atomic E-state index is 11.6. The molecule has 4 nitrogen and oxygen atoms in total. The molecule has 0 fully saturated rings. The lowest BCUT2D eigenvalue weighted by Gasteiger charge is -2.06. The number of carbonyl (C=O) groups is 2. The van der Waals surface area contributed by atoms with Crippen LogP contribution in [0.15, 0.2) is 36.0 Å². The molecule has 84 valence electrons. The largest absolute Gasteiger partial charge is 0.507 e. The fourth-order valence-electron chi connectivity index (χ4n) is 1.25. The molecule has 0 saturated carbocycles. The zero-order valence-corrected chi connectivity index (χ0v) is 9.15. The molecule has 0 heterocycles. The minimum absolute atomic E-state index is 0.0874. The summed E-state index contributed by atoms with van der Waals surface area (Å²) >= 11 is 0. The van der Waals surface area contributed by atoms with E-state index in [2.05, 4.69) is 5.32 Å². The van der Waals surface area contributed by atoms with Gasteiger partial charge in [0.05, 0.1) is 5.56 Å². The maximum absolute atomic E-state index is 11.6. The Balaban J connectivity index is 2.81. The quantitative estimate of drug-likeness (QED) is 0.759. The number of hydrogen-bond donors (Lipinski definition) is 2. The van der Waals surface area contributed by atoms with Crippen molar-refractivity contribution in [2.24, 2.45) is 0 Å². The summed E-state index contributed by atoms with van der Waals surface area (Å²) in [5.41, 5.74) is 0.625. The molecule has 1 aromatic rings. The summed E-state index contributed by atoms with van der Waals surface area (Å²) in [6, 6.07) is 6.22. The van der Waals surface area contributed by atoms with Crippen LogP contribution in [0.5, 0.6) is 5.75 Å². The fourth-order valence-corrected chi connectivity index (χ4v) is 1.25. The van der Waals surface area contributed by atoms with Crippen LogP contribution in [0.2, 0.25) is 0 Å². The normalized spacial score (nSPS) is 11.0. The molecule has 0 radical (unpaired) electrons. The highest BCUT2D eigenvalue weighted by atomic mass is 16.3. The first-order chi connectivity index (χ1) is 7.50. The van der Waals surface area contributed by atoms with Gasteiger partial charge < -0.3 is 10.4 Å². The smallest absolute Gasteiger partial charge is 0.259 e. The fraction of sp³-hybridized carbons (Fsp3) is 0.167. The van der Waals surface area contributed by atoms with E-state index in [1.165, 1.54) is 25.1 Å². The van der Waals surface area contributed by atoms with Gasteiger partial charge in [-0.25, -0.2) is 0 Å². The molecule has 2 N–H and O–H groups in total. The number of phenolic OH excluding ortho intramolecular Hbond substituents is 1. The van der Waals surface area contributed by atoms with Crippen molar-refractivity contribution < 1.29 is 14.7 Å². The third-order valence-corrected chi connectivity index (χ3v) is 1.88. The van der Waals surface area contributed by atoms with Gasteiger partial charge in [0.1, 0.15) is 5.75 Å². The third-order valence-electron chi connectivity index (χ3n) is 1.88. The Labute approximate surface area is 93.6 Å². The highest BCUT2D eigenvalue weighted by Crippen LogP contribution is 2.15. The van der Waals surface area contributed by atoms with Crippen LogP contribution >= 0.6 is 0 Å². The standard InChI is InChI=1S/C12H13NO3/c1-8(7-9(2)14)13-12(16)10-5-3-4-6-11(10)15/h3-7,15H,1-2H3,(H,13,16)/b8-7+. The number of phenols is 1. The first-order valence-corrected chi connectivity index (χ1v) is 4.79. The molecule has 4 heteroatoms. The molecule has 1 rings (SSSR count). The average molecular weight is 219 g/mol. The minimum atomic E-state index is -0.437. The predicted molar refractivity (Wildman–Crippen MR) is 60.0 cm³/mol. The van der Waals surface area contributed by atoms with E-state index in [4.69, 9.17) is 0 Å². The molecule has 0 aliphatic rings. The summed E-state index contributed by atoms with van der Waals surface area (Å²) in [6.07, 6.45) is 1.32. The lowest BCUT2D eigenvalue weighted by atomic mass is 10.2. The van der Waals surface area contributed by atoms with Gasteiger partial charge in [0.2, 0.25) is 0 Å². The Hall–Kier alpha value is -2.10. The predicted octanol–water partition coefficient (Wildman–Crippen LogP) is 1.61. The molecular weight excluding hydrogens is 206 g/mol. The molecule has 0 unspecified atom stereocenters. The SMILES string of the molecule is CC(=O)/C=C(\C)NC(=O)c1ccccc1O. The summed E-state index contributed by atoms with van der Waals surface area (Å²) < 4.78 is 0. The van der Waals surface area contributed by atoms with Crippen molar-refractivity contribution in [3.05, 3.63) is 41.6 Å². The monoisotopic (exact) mass is 219 g/mol. The summed E-state index contributed by atoms with van der Waals surface area (Å²) in [5, 5.41) is 11.9. The molecule has 0 aromatic heterocycles. The molecule has 0 spiro atoms. The summed E-state index contributed by atoms with van der Waals surface area (Å²) in [5.74, 6) is -0.668. The van der Waals surface area contributed by atoms with Crippen LogP contribution in [0.3, 0.4) is 0 Å². The second-order valence-electron chi connectivity index (χ2n) is 3.41. The van der Waals surface area contributed by atoms with Crippen LogP contribution in [0.4, 0.5) is 0 Å². The van der Waals surface area contributed by atoms with Crippen molar-refractivity contribution in [2.75, 3.05) is 0 Å². The van der Waals surface area contributed by atoms with Gasteiger partial charge in [-0.15, -0.1) is 0 Å². The Morgan fingerprint density at radius 1 is 1.25 bits per heavy atom. The summed E-state index contributed by atoms with van der Waals surface area (Å²) in [7, 11) is 0. The van der Waals surface area contributed by atoms with E-state index in [0.717, 1.165) is 0 Å². The molecule has 0 bridgehead atoms. The number of hydrogen-bond acceptors (Lipinski definition) is 3. The summed E-state index contributed by atoms with van der Waals surface area (Å²) in [6.45, 7) is 3.01. The van der Waals surface area contributed by atoms with E-state index >= 15 is 0 Å². The number of amides is 1. The zero-order valence-electron chi connectivity index (χ0n) is 9.15. The van der Waals surface area contributed by atoms with Gasteiger partial charge in [0, 0.05) is 5.70 Å². The minimum Gasteiger partial charge on any atom is -0.507 e. The molecular formula is C12H13NO3. The van der Waals surface area contributed by atoms with Crippen LogP contribution in [-0.4, -0.2) is 16.8 Å². The number of nitrogens with one attached hydrogen (secondary N) is 1. The highest BCUT2D eigenvalue weighted by Gasteiger charge is 2.09. The van der Waals surface area contributed by atoms with E-state index in [-0.39, 0.29) is 17.1 Å². The molecule has 1 aromatic carbocycles. The topological polar surface area (TPSA) is 66.4 Å². The zero-order chi connectivity index (χ0) is 12.1. The molecule has 0 saturated heterocycles. The van der Waals surface area contributed by atoms with E-state index in [9.17, 15) is 14.7 Å². The average Bonchev–Trinajstić information content (AvgIpc) is 2.16. The number of aromatic hydroxyl groups is 1. The third kappa shape index (κ3) is 3.24. The van der Waals surface area contributed by atoms with Gasteiger partial charge in [-0.1, -0.05) is 12.1 Å². The van der Waals surface area contributed by atoms with Crippen molar-refractivity contribution in [1.29, 1.82) is 0 Å². The van der Waals surface area contributed by atoms with Crippen molar-refractivity contribution in [2.45, 2.75) is 13.8 Å². The number of carbonyl (C=O) groups excluding carboxylic acids is 2. The first-order valence-electron chi connectivity index (χ1n) is 4.79. The van der Waals surface area contributed by atoms with Crippen molar-refractivity contribution >= 4 is 11.7 Å². The van der Waals surface area contributed by atoms with Gasteiger partial charge in [0.15, 0.2) is 5.78 Å². The Morgan fingerprint density at radius 3 is 2.44 bits per heavy atom. The maximum Gasteiger partial charge on any atom is 0.259 e. The molecule has 0 aliphatic carbocycles. The van der Waals surface area contributed by atoms with Crippen LogP contribution in [0.25, 0.3) is 0 Å². The number of benzene rings is 1. The lowest BCUT2D eigenvalue weighted by Crippen LogP contribution is -2.21. The van der Waals surface area contributed by atoms with Crippen LogP contribution in [-0.2, 0) is 4.79 Å². The van der Waals surface area contributed by atoms with Crippen LogP contribution in [0, 0.1) is 0 Å². The number of rotatable bonds is 3. The van der Waals surface area contributed by atoms with Gasteiger partial charge >= 0.3 is 0 Å². The van der Waals surface area contributed by atoms with Crippen molar-refractivity contribution in [3.63, 3.8) is 0 Å². The van der Waals surface area contributed by atoms with Gasteiger partial charge in [0.25, 0.3) is 5.91 Å². The lowest BCUT2D eigenvalue weighted by molar-refractivity contribution is -0.112. The van der Waals surface area contributed by atoms with Crippen molar-refractivity contribution in [1.82, 2.24) is 5.32 Å². The highest BCUT2D eigenvalue weighted by molar-refractivity contribution is 5.98. The van der Waals surface area contributed by atoms with E-state index in [1.807, 2.05) is 0 Å². The van der Waals surface area contributed by atoms with Crippen LogP contribution in [0.1, 0.15) is 24.2 Å². The van der Waals surface area contributed by atoms with E-state index in [0.29, 0.717) is 5.70 Å². The molecule has 1 amide bonds. The molecule has 0 atom stereocenters. The Kier molecular flexibility index (Phi) is 3.83.